The molecule has 1 aromatic heterocycles. The predicted octanol–water partition coefficient (Wildman–Crippen LogP) is 4.09. The molecule has 0 atom stereocenters. The van der Waals surface area contributed by atoms with Gasteiger partial charge < -0.3 is 14.8 Å². The first-order valence-corrected chi connectivity index (χ1v) is 12.0. The Labute approximate surface area is 185 Å². The molecule has 0 spiro atoms. The lowest BCUT2D eigenvalue weighted by Crippen LogP contribution is -2.49. The number of anilines is 1. The Kier molecular flexibility index (Phi) is 7.57. The van der Waals surface area contributed by atoms with Crippen molar-refractivity contribution in [2.75, 3.05) is 31.5 Å². The van der Waals surface area contributed by atoms with Crippen molar-refractivity contribution in [3.8, 4) is 0 Å². The molecular formula is C24H36N6O. The first kappa shape index (κ1) is 21.8. The fraction of sp³-hybridized carbons (Fsp3) is 0.625. The van der Waals surface area contributed by atoms with Gasteiger partial charge in [0.2, 0.25) is 0 Å². The normalized spacial score (nSPS) is 17.3. The molecule has 31 heavy (non-hydrogen) atoms. The molecule has 2 aliphatic rings. The van der Waals surface area contributed by atoms with Crippen molar-refractivity contribution in [1.29, 1.82) is 0 Å². The van der Waals surface area contributed by atoms with Gasteiger partial charge in [-0.1, -0.05) is 38.3 Å². The number of unbranched alkanes of at least 4 members (excludes halogenated alkanes) is 2. The molecule has 0 bridgehead atoms. The summed E-state index contributed by atoms with van der Waals surface area (Å²) in [6.45, 7) is 7.29. The SMILES string of the molecule is CCCCCc1ccc(NC(=O)N2CCN(Cc3nnc4n3CCCCC4)CC2)cc1. The van der Waals surface area contributed by atoms with Gasteiger partial charge in [0, 0.05) is 44.8 Å². The van der Waals surface area contributed by atoms with Crippen molar-refractivity contribution >= 4 is 11.7 Å². The van der Waals surface area contributed by atoms with Crippen LogP contribution >= 0.6 is 0 Å². The molecular weight excluding hydrogens is 388 g/mol. The molecule has 0 unspecified atom stereocenters. The molecule has 1 N–H and O–H groups in total. The van der Waals surface area contributed by atoms with Gasteiger partial charge in [-0.3, -0.25) is 4.90 Å². The molecule has 0 aliphatic carbocycles. The van der Waals surface area contributed by atoms with Crippen molar-refractivity contribution in [1.82, 2.24) is 24.6 Å². The largest absolute Gasteiger partial charge is 0.322 e. The average Bonchev–Trinajstić information content (AvgIpc) is 3.01. The second-order valence-corrected chi connectivity index (χ2v) is 8.84. The highest BCUT2D eigenvalue weighted by molar-refractivity contribution is 5.89. The van der Waals surface area contributed by atoms with Crippen molar-refractivity contribution in [2.24, 2.45) is 0 Å². The van der Waals surface area contributed by atoms with Crippen LogP contribution in [0.15, 0.2) is 24.3 Å². The number of hydrogen-bond donors (Lipinski definition) is 1. The lowest BCUT2D eigenvalue weighted by atomic mass is 10.1. The summed E-state index contributed by atoms with van der Waals surface area (Å²) in [7, 11) is 0. The van der Waals surface area contributed by atoms with Gasteiger partial charge in [0.15, 0.2) is 0 Å². The fourth-order valence-corrected chi connectivity index (χ4v) is 4.51. The van der Waals surface area contributed by atoms with Crippen LogP contribution in [-0.4, -0.2) is 56.8 Å². The van der Waals surface area contributed by atoms with Crippen molar-refractivity contribution < 1.29 is 4.79 Å². The van der Waals surface area contributed by atoms with E-state index in [0.717, 1.165) is 69.4 Å². The van der Waals surface area contributed by atoms with E-state index in [9.17, 15) is 4.79 Å². The van der Waals surface area contributed by atoms with E-state index in [1.165, 1.54) is 44.1 Å². The Morgan fingerprint density at radius 2 is 1.77 bits per heavy atom. The lowest BCUT2D eigenvalue weighted by Gasteiger charge is -2.34. The molecule has 168 valence electrons. The number of hydrogen-bond acceptors (Lipinski definition) is 4. The van der Waals surface area contributed by atoms with Gasteiger partial charge in [0.1, 0.15) is 11.6 Å². The van der Waals surface area contributed by atoms with Gasteiger partial charge in [0.05, 0.1) is 6.54 Å². The Morgan fingerprint density at radius 3 is 2.55 bits per heavy atom. The Bertz CT molecular complexity index is 838. The van der Waals surface area contributed by atoms with Crippen LogP contribution in [0.2, 0.25) is 0 Å². The van der Waals surface area contributed by atoms with Gasteiger partial charge in [-0.2, -0.15) is 0 Å². The zero-order valence-corrected chi connectivity index (χ0v) is 18.9. The number of carbonyl (C=O) groups excluding carboxylic acids is 1. The summed E-state index contributed by atoms with van der Waals surface area (Å²) in [5.41, 5.74) is 2.21. The van der Waals surface area contributed by atoms with Crippen molar-refractivity contribution in [2.45, 2.75) is 71.4 Å². The third-order valence-electron chi connectivity index (χ3n) is 6.48. The van der Waals surface area contributed by atoms with E-state index in [2.05, 4.69) is 44.0 Å². The standard InChI is InChI=1S/C24H36N6O/c1-2-3-5-8-20-10-12-21(13-11-20)25-24(31)29-17-15-28(16-18-29)19-23-27-26-22-9-6-4-7-14-30(22)23/h10-13H,2-9,14-19H2,1H3,(H,25,31). The van der Waals surface area contributed by atoms with Crippen LogP contribution in [0.25, 0.3) is 0 Å². The van der Waals surface area contributed by atoms with E-state index in [0.29, 0.717) is 0 Å². The van der Waals surface area contributed by atoms with Crippen molar-refractivity contribution in [3.05, 3.63) is 41.5 Å². The number of benzene rings is 1. The fourth-order valence-electron chi connectivity index (χ4n) is 4.51. The summed E-state index contributed by atoms with van der Waals surface area (Å²) in [5.74, 6) is 2.22. The Balaban J connectivity index is 1.23. The molecule has 0 radical (unpaired) electrons. The Morgan fingerprint density at radius 1 is 0.968 bits per heavy atom. The van der Waals surface area contributed by atoms with Gasteiger partial charge in [-0.25, -0.2) is 4.79 Å². The lowest BCUT2D eigenvalue weighted by molar-refractivity contribution is 0.140. The molecule has 2 amide bonds. The highest BCUT2D eigenvalue weighted by Gasteiger charge is 2.23. The minimum absolute atomic E-state index is 0.00488. The third kappa shape index (κ3) is 5.85. The molecule has 7 heteroatoms. The molecule has 3 heterocycles. The number of fused-ring (bicyclic) bond motifs is 1. The number of aromatic nitrogens is 3. The van der Waals surface area contributed by atoms with Crippen molar-refractivity contribution in [3.63, 3.8) is 0 Å². The summed E-state index contributed by atoms with van der Waals surface area (Å²) in [6.07, 6.45) is 9.59. The van der Waals surface area contributed by atoms with Crippen LogP contribution in [0.4, 0.5) is 10.5 Å². The molecule has 2 aromatic rings. The van der Waals surface area contributed by atoms with Gasteiger partial charge in [0.25, 0.3) is 0 Å². The molecule has 4 rings (SSSR count). The zero-order valence-electron chi connectivity index (χ0n) is 18.9. The summed E-state index contributed by atoms with van der Waals surface area (Å²) in [5, 5.41) is 11.9. The number of piperazine rings is 1. The van der Waals surface area contributed by atoms with Crippen LogP contribution < -0.4 is 5.32 Å². The van der Waals surface area contributed by atoms with Crippen LogP contribution in [-0.2, 0) is 25.9 Å². The molecule has 7 nitrogen and oxygen atoms in total. The highest BCUT2D eigenvalue weighted by atomic mass is 16.2. The minimum atomic E-state index is -0.00488. The van der Waals surface area contributed by atoms with E-state index in [1.54, 1.807) is 0 Å². The Hall–Kier alpha value is -2.41. The zero-order chi connectivity index (χ0) is 21.5. The van der Waals surface area contributed by atoms with E-state index >= 15 is 0 Å². The number of rotatable bonds is 7. The molecule has 1 aromatic carbocycles. The smallest absolute Gasteiger partial charge is 0.321 e. The van der Waals surface area contributed by atoms with Crippen LogP contribution in [0.5, 0.6) is 0 Å². The highest BCUT2D eigenvalue weighted by Crippen LogP contribution is 2.17. The van der Waals surface area contributed by atoms with Crippen LogP contribution in [0, 0.1) is 0 Å². The van der Waals surface area contributed by atoms with Gasteiger partial charge in [-0.05, 0) is 43.4 Å². The van der Waals surface area contributed by atoms with E-state index in [-0.39, 0.29) is 6.03 Å². The summed E-state index contributed by atoms with van der Waals surface area (Å²) < 4.78 is 2.32. The second-order valence-electron chi connectivity index (χ2n) is 8.84. The number of nitrogens with one attached hydrogen (secondary N) is 1. The monoisotopic (exact) mass is 424 g/mol. The quantitative estimate of drug-likeness (QED) is 0.680. The summed E-state index contributed by atoms with van der Waals surface area (Å²) in [4.78, 5) is 17.0. The first-order valence-electron chi connectivity index (χ1n) is 12.0. The number of nitrogens with zero attached hydrogens (tertiary/aromatic N) is 5. The minimum Gasteiger partial charge on any atom is -0.322 e. The van der Waals surface area contributed by atoms with E-state index in [1.807, 2.05) is 17.0 Å². The van der Waals surface area contributed by atoms with Crippen LogP contribution in [0.1, 0.15) is 62.7 Å². The maximum Gasteiger partial charge on any atom is 0.321 e. The molecule has 0 saturated carbocycles. The second kappa shape index (κ2) is 10.8. The summed E-state index contributed by atoms with van der Waals surface area (Å²) >= 11 is 0. The van der Waals surface area contributed by atoms with Gasteiger partial charge >= 0.3 is 6.03 Å². The molecule has 1 fully saturated rings. The molecule has 2 aliphatic heterocycles. The number of urea groups is 1. The predicted molar refractivity (Wildman–Crippen MR) is 123 cm³/mol. The number of carbonyl (C=O) groups is 1. The topological polar surface area (TPSA) is 66.3 Å². The first-order chi connectivity index (χ1) is 15.2. The number of amides is 2. The maximum absolute atomic E-state index is 12.7. The number of aryl methyl sites for hydroxylation is 2. The maximum atomic E-state index is 12.7. The summed E-state index contributed by atoms with van der Waals surface area (Å²) in [6, 6.07) is 8.30. The third-order valence-corrected chi connectivity index (χ3v) is 6.48. The van der Waals surface area contributed by atoms with E-state index in [4.69, 9.17) is 0 Å². The van der Waals surface area contributed by atoms with Gasteiger partial charge in [-0.15, -0.1) is 10.2 Å². The average molecular weight is 425 g/mol. The van der Waals surface area contributed by atoms with E-state index < -0.39 is 0 Å². The molecule has 1 saturated heterocycles. The van der Waals surface area contributed by atoms with Crippen LogP contribution in [0.3, 0.4) is 0 Å².